The van der Waals surface area contributed by atoms with E-state index in [1.165, 1.54) is 12.1 Å². The second-order valence-corrected chi connectivity index (χ2v) is 9.02. The van der Waals surface area contributed by atoms with E-state index in [2.05, 4.69) is 0 Å². The first-order valence-electron chi connectivity index (χ1n) is 9.62. The molecular formula is C22H21FN2O3S. The highest BCUT2D eigenvalue weighted by Gasteiger charge is 2.67. The third-order valence-corrected chi connectivity index (χ3v) is 7.26. The molecule has 2 fully saturated rings. The van der Waals surface area contributed by atoms with Crippen LogP contribution >= 0.6 is 11.3 Å². The van der Waals surface area contributed by atoms with E-state index in [0.717, 1.165) is 10.4 Å². The molecule has 1 spiro atoms. The van der Waals surface area contributed by atoms with Gasteiger partial charge in [-0.05, 0) is 48.2 Å². The molecule has 4 heterocycles. The Hall–Kier alpha value is -2.51. The number of ether oxygens (including phenoxy) is 1. The summed E-state index contributed by atoms with van der Waals surface area (Å²) in [5, 5.41) is 2.02. The summed E-state index contributed by atoms with van der Waals surface area (Å²) in [6.07, 6.45) is 3.46. The molecule has 2 aromatic rings. The number of hydrogen-bond acceptors (Lipinski definition) is 4. The van der Waals surface area contributed by atoms with Crippen molar-refractivity contribution in [2.75, 3.05) is 18.5 Å². The highest BCUT2D eigenvalue weighted by atomic mass is 32.1. The molecule has 0 saturated carbocycles. The van der Waals surface area contributed by atoms with Gasteiger partial charge in [0.2, 0.25) is 11.8 Å². The van der Waals surface area contributed by atoms with Crippen molar-refractivity contribution in [3.63, 3.8) is 0 Å². The van der Waals surface area contributed by atoms with Gasteiger partial charge in [-0.1, -0.05) is 12.2 Å². The number of aryl methyl sites for hydroxylation is 1. The molecule has 0 N–H and O–H groups in total. The average molecular weight is 412 g/mol. The van der Waals surface area contributed by atoms with E-state index in [1.54, 1.807) is 40.3 Å². The van der Waals surface area contributed by atoms with Crippen LogP contribution in [0.3, 0.4) is 0 Å². The molecule has 7 heteroatoms. The Morgan fingerprint density at radius 1 is 1.34 bits per heavy atom. The highest BCUT2D eigenvalue weighted by Crippen LogP contribution is 2.53. The van der Waals surface area contributed by atoms with Gasteiger partial charge in [0.05, 0.1) is 31.0 Å². The number of thiophene rings is 1. The molecule has 2 bridgehead atoms. The van der Waals surface area contributed by atoms with Gasteiger partial charge in [-0.2, -0.15) is 0 Å². The Bertz CT molecular complexity index is 1020. The standard InChI is InChI=1S/C22H21FN2O3S/c1-13-8-10-29-17(13)11-24(2)20(26)18-16-7-9-22(28-16)12-25(21(27)19(18)22)15-5-3-14(23)4-6-15/h3-10,16,18-19H,11-12H2,1-2H3/t16-,18+,19-,22-/m0/s1. The van der Waals surface area contributed by atoms with Gasteiger partial charge < -0.3 is 14.5 Å². The monoisotopic (exact) mass is 412 g/mol. The van der Waals surface area contributed by atoms with E-state index in [4.69, 9.17) is 4.74 Å². The van der Waals surface area contributed by atoms with Crippen LogP contribution in [-0.2, 0) is 20.9 Å². The quantitative estimate of drug-likeness (QED) is 0.725. The van der Waals surface area contributed by atoms with Gasteiger partial charge in [0.25, 0.3) is 0 Å². The maximum Gasteiger partial charge on any atom is 0.234 e. The largest absolute Gasteiger partial charge is 0.360 e. The fourth-order valence-corrected chi connectivity index (χ4v) is 5.69. The fraction of sp³-hybridized carbons (Fsp3) is 0.364. The summed E-state index contributed by atoms with van der Waals surface area (Å²) in [7, 11) is 1.78. The zero-order chi connectivity index (χ0) is 20.3. The molecule has 150 valence electrons. The summed E-state index contributed by atoms with van der Waals surface area (Å²) in [6, 6.07) is 7.88. The molecule has 1 aromatic carbocycles. The number of benzene rings is 1. The lowest BCUT2D eigenvalue weighted by atomic mass is 9.76. The van der Waals surface area contributed by atoms with Crippen molar-refractivity contribution in [3.05, 3.63) is 64.1 Å². The van der Waals surface area contributed by atoms with Crippen molar-refractivity contribution >= 4 is 28.8 Å². The average Bonchev–Trinajstić information content (AvgIpc) is 3.44. The Labute approximate surface area is 172 Å². The zero-order valence-corrected chi connectivity index (χ0v) is 17.0. The zero-order valence-electron chi connectivity index (χ0n) is 16.2. The van der Waals surface area contributed by atoms with Crippen molar-refractivity contribution in [2.24, 2.45) is 11.8 Å². The first-order valence-corrected chi connectivity index (χ1v) is 10.5. The van der Waals surface area contributed by atoms with Crippen LogP contribution in [0.4, 0.5) is 10.1 Å². The Kier molecular flexibility index (Phi) is 4.15. The molecule has 0 aliphatic carbocycles. The molecule has 3 aliphatic heterocycles. The van der Waals surface area contributed by atoms with Crippen LogP contribution in [0.25, 0.3) is 0 Å². The molecule has 1 aromatic heterocycles. The van der Waals surface area contributed by atoms with Crippen molar-refractivity contribution in [2.45, 2.75) is 25.2 Å². The Balaban J connectivity index is 1.42. The molecular weight excluding hydrogens is 391 g/mol. The summed E-state index contributed by atoms with van der Waals surface area (Å²) in [5.41, 5.74) is 1.000. The predicted molar refractivity (Wildman–Crippen MR) is 108 cm³/mol. The second kappa shape index (κ2) is 6.50. The molecule has 29 heavy (non-hydrogen) atoms. The van der Waals surface area contributed by atoms with E-state index < -0.39 is 17.4 Å². The third kappa shape index (κ3) is 2.75. The molecule has 2 saturated heterocycles. The second-order valence-electron chi connectivity index (χ2n) is 8.02. The summed E-state index contributed by atoms with van der Waals surface area (Å²) in [6.45, 7) is 2.89. The molecule has 3 aliphatic rings. The highest BCUT2D eigenvalue weighted by molar-refractivity contribution is 7.10. The minimum Gasteiger partial charge on any atom is -0.360 e. The van der Waals surface area contributed by atoms with Gasteiger partial charge in [-0.3, -0.25) is 9.59 Å². The minimum atomic E-state index is -0.782. The van der Waals surface area contributed by atoms with Crippen LogP contribution in [0, 0.1) is 24.6 Å². The number of fused-ring (bicyclic) bond motifs is 1. The number of halogens is 1. The van der Waals surface area contributed by atoms with Crippen LogP contribution < -0.4 is 4.90 Å². The Morgan fingerprint density at radius 3 is 2.79 bits per heavy atom. The van der Waals surface area contributed by atoms with Gasteiger partial charge in [0.15, 0.2) is 0 Å². The number of anilines is 1. The van der Waals surface area contributed by atoms with Gasteiger partial charge >= 0.3 is 0 Å². The van der Waals surface area contributed by atoms with Crippen LogP contribution in [0.1, 0.15) is 10.4 Å². The number of carbonyl (C=O) groups is 2. The number of nitrogens with zero attached hydrogens (tertiary/aromatic N) is 2. The van der Waals surface area contributed by atoms with Gasteiger partial charge in [0.1, 0.15) is 11.4 Å². The van der Waals surface area contributed by atoms with Crippen LogP contribution in [-0.4, -0.2) is 42.0 Å². The smallest absolute Gasteiger partial charge is 0.234 e. The topological polar surface area (TPSA) is 49.9 Å². The minimum absolute atomic E-state index is 0.0756. The van der Waals surface area contributed by atoms with E-state index in [1.807, 2.05) is 30.5 Å². The van der Waals surface area contributed by atoms with E-state index in [0.29, 0.717) is 18.8 Å². The lowest BCUT2D eigenvalue weighted by Gasteiger charge is -2.27. The summed E-state index contributed by atoms with van der Waals surface area (Å²) in [4.78, 5) is 31.1. The summed E-state index contributed by atoms with van der Waals surface area (Å²) < 4.78 is 19.5. The molecule has 5 rings (SSSR count). The normalized spacial score (nSPS) is 29.6. The molecule has 4 atom stereocenters. The fourth-order valence-electron chi connectivity index (χ4n) is 4.73. The molecule has 5 nitrogen and oxygen atoms in total. The maximum absolute atomic E-state index is 13.3. The van der Waals surface area contributed by atoms with Crippen LogP contribution in [0.2, 0.25) is 0 Å². The molecule has 2 amide bonds. The number of carbonyl (C=O) groups excluding carboxylic acids is 2. The molecule has 0 radical (unpaired) electrons. The van der Waals surface area contributed by atoms with Crippen molar-refractivity contribution < 1.29 is 18.7 Å². The van der Waals surface area contributed by atoms with Gasteiger partial charge in [-0.15, -0.1) is 11.3 Å². The molecule has 0 unspecified atom stereocenters. The summed E-state index contributed by atoms with van der Waals surface area (Å²) in [5.74, 6) is -1.66. The predicted octanol–water partition coefficient (Wildman–Crippen LogP) is 3.14. The van der Waals surface area contributed by atoms with Crippen LogP contribution in [0.15, 0.2) is 47.9 Å². The lowest BCUT2D eigenvalue weighted by Crippen LogP contribution is -2.44. The van der Waals surface area contributed by atoms with Crippen molar-refractivity contribution in [3.8, 4) is 0 Å². The van der Waals surface area contributed by atoms with Crippen molar-refractivity contribution in [1.29, 1.82) is 0 Å². The number of hydrogen-bond donors (Lipinski definition) is 0. The van der Waals surface area contributed by atoms with E-state index in [9.17, 15) is 14.0 Å². The number of amides is 2. The Morgan fingerprint density at radius 2 is 2.10 bits per heavy atom. The van der Waals surface area contributed by atoms with E-state index in [-0.39, 0.29) is 23.7 Å². The third-order valence-electron chi connectivity index (χ3n) is 6.25. The van der Waals surface area contributed by atoms with Gasteiger partial charge in [-0.25, -0.2) is 4.39 Å². The van der Waals surface area contributed by atoms with E-state index >= 15 is 0 Å². The maximum atomic E-state index is 13.3. The van der Waals surface area contributed by atoms with Crippen LogP contribution in [0.5, 0.6) is 0 Å². The lowest BCUT2D eigenvalue weighted by molar-refractivity contribution is -0.139. The SMILES string of the molecule is Cc1ccsc1CN(C)C(=O)[C@@H]1[C@@H]2C=C[C@@]3(CN(c4ccc(F)cc4)C(=O)[C@H]13)O2. The van der Waals surface area contributed by atoms with Crippen molar-refractivity contribution in [1.82, 2.24) is 4.90 Å². The first kappa shape index (κ1) is 18.5. The summed E-state index contributed by atoms with van der Waals surface area (Å²) >= 11 is 1.63. The first-order chi connectivity index (χ1) is 13.9. The number of rotatable bonds is 4. The van der Waals surface area contributed by atoms with Gasteiger partial charge in [0, 0.05) is 17.6 Å².